The Labute approximate surface area is 106 Å². The third-order valence-electron chi connectivity index (χ3n) is 2.00. The van der Waals surface area contributed by atoms with Crippen molar-refractivity contribution >= 4 is 11.6 Å². The summed E-state index contributed by atoms with van der Waals surface area (Å²) in [5, 5.41) is 8.63. The summed E-state index contributed by atoms with van der Waals surface area (Å²) in [7, 11) is 1.15. The van der Waals surface area contributed by atoms with Crippen molar-refractivity contribution in [3.8, 4) is 17.7 Å². The number of nitrogens with zero attached hydrogens (tertiary/aromatic N) is 2. The molecule has 1 rings (SSSR count). The largest absolute Gasteiger partial charge is 0.573 e. The lowest BCUT2D eigenvalue weighted by atomic mass is 10.1. The predicted molar refractivity (Wildman–Crippen MR) is 56.3 cm³/mol. The maximum atomic E-state index is 12.3. The number of nitriles is 1. The van der Waals surface area contributed by atoms with Gasteiger partial charge in [-0.15, -0.1) is 24.8 Å². The van der Waals surface area contributed by atoms with Gasteiger partial charge < -0.3 is 9.47 Å². The Kier molecular flexibility index (Phi) is 4.62. The maximum absolute atomic E-state index is 12.3. The molecule has 0 radical (unpaired) electrons. The van der Waals surface area contributed by atoms with E-state index in [-0.39, 0.29) is 23.7 Å². The number of hydrogen-bond donors (Lipinski definition) is 0. The van der Waals surface area contributed by atoms with Crippen LogP contribution in [-0.2, 0) is 12.3 Å². The molecule has 18 heavy (non-hydrogen) atoms. The van der Waals surface area contributed by atoms with Crippen LogP contribution in [0.25, 0.3) is 0 Å². The van der Waals surface area contributed by atoms with Crippen molar-refractivity contribution < 1.29 is 22.6 Å². The number of halogens is 4. The summed E-state index contributed by atoms with van der Waals surface area (Å²) >= 11 is 5.58. The highest BCUT2D eigenvalue weighted by atomic mass is 35.5. The van der Waals surface area contributed by atoms with Crippen LogP contribution in [0.15, 0.2) is 6.20 Å². The van der Waals surface area contributed by atoms with Gasteiger partial charge in [0.25, 0.3) is 5.88 Å². The predicted octanol–water partition coefficient (Wildman–Crippen LogP) is 2.79. The molecule has 0 bridgehead atoms. The molecule has 0 fully saturated rings. The third kappa shape index (κ3) is 3.40. The lowest BCUT2D eigenvalue weighted by molar-refractivity contribution is -0.275. The van der Waals surface area contributed by atoms with E-state index in [0.29, 0.717) is 5.56 Å². The molecule has 1 heterocycles. The summed E-state index contributed by atoms with van der Waals surface area (Å²) in [5.41, 5.74) is 0.315. The van der Waals surface area contributed by atoms with Gasteiger partial charge in [0.2, 0.25) is 0 Å². The van der Waals surface area contributed by atoms with Crippen LogP contribution < -0.4 is 9.47 Å². The zero-order valence-electron chi connectivity index (χ0n) is 9.21. The first-order valence-corrected chi connectivity index (χ1v) is 5.19. The minimum absolute atomic E-state index is 0.0247. The van der Waals surface area contributed by atoms with E-state index < -0.39 is 12.1 Å². The SMILES string of the molecule is COc1ncc(CCl)c(CC#N)c1OC(F)(F)F. The van der Waals surface area contributed by atoms with E-state index in [1.165, 1.54) is 6.20 Å². The van der Waals surface area contributed by atoms with Gasteiger partial charge in [-0.25, -0.2) is 4.98 Å². The fraction of sp³-hybridized carbons (Fsp3) is 0.400. The first-order chi connectivity index (χ1) is 8.42. The highest BCUT2D eigenvalue weighted by molar-refractivity contribution is 6.17. The van der Waals surface area contributed by atoms with Gasteiger partial charge >= 0.3 is 6.36 Å². The van der Waals surface area contributed by atoms with Gasteiger partial charge in [0, 0.05) is 17.6 Å². The Morgan fingerprint density at radius 1 is 1.50 bits per heavy atom. The maximum Gasteiger partial charge on any atom is 0.573 e. The van der Waals surface area contributed by atoms with Crippen molar-refractivity contribution in [2.75, 3.05) is 7.11 Å². The van der Waals surface area contributed by atoms with E-state index in [4.69, 9.17) is 16.9 Å². The molecular formula is C10H8ClF3N2O2. The topological polar surface area (TPSA) is 55.1 Å². The number of rotatable bonds is 4. The van der Waals surface area contributed by atoms with Gasteiger partial charge in [0.05, 0.1) is 19.6 Å². The molecule has 0 amide bonds. The van der Waals surface area contributed by atoms with Crippen LogP contribution in [0, 0.1) is 11.3 Å². The molecule has 0 spiro atoms. The summed E-state index contributed by atoms with van der Waals surface area (Å²) in [4.78, 5) is 3.65. The molecule has 0 unspecified atom stereocenters. The summed E-state index contributed by atoms with van der Waals surface area (Å²) in [6, 6.07) is 1.75. The summed E-state index contributed by atoms with van der Waals surface area (Å²) in [6.07, 6.45) is -3.93. The fourth-order valence-corrected chi connectivity index (χ4v) is 1.53. The highest BCUT2D eigenvalue weighted by Crippen LogP contribution is 2.36. The number of ether oxygens (including phenoxy) is 2. The summed E-state index contributed by atoms with van der Waals surface area (Å²) < 4.78 is 45.4. The van der Waals surface area contributed by atoms with Crippen LogP contribution in [0.5, 0.6) is 11.6 Å². The van der Waals surface area contributed by atoms with Gasteiger partial charge in [-0.05, 0) is 5.56 Å². The number of hydrogen-bond acceptors (Lipinski definition) is 4. The average molecular weight is 281 g/mol. The van der Waals surface area contributed by atoms with Gasteiger partial charge in [-0.2, -0.15) is 5.26 Å². The molecule has 0 saturated carbocycles. The first-order valence-electron chi connectivity index (χ1n) is 4.66. The van der Waals surface area contributed by atoms with E-state index in [2.05, 4.69) is 14.5 Å². The van der Waals surface area contributed by atoms with Crippen molar-refractivity contribution in [2.45, 2.75) is 18.7 Å². The highest BCUT2D eigenvalue weighted by Gasteiger charge is 2.34. The van der Waals surface area contributed by atoms with E-state index in [0.717, 1.165) is 7.11 Å². The van der Waals surface area contributed by atoms with Crippen LogP contribution in [0.2, 0.25) is 0 Å². The quantitative estimate of drug-likeness (QED) is 0.796. The summed E-state index contributed by atoms with van der Waals surface area (Å²) in [5.74, 6) is -1.04. The molecule has 1 aromatic heterocycles. The standard InChI is InChI=1S/C10H8ClF3N2O2/c1-17-9-8(18-10(12,13)14)7(2-3-15)6(4-11)5-16-9/h5H,2,4H2,1H3. The van der Waals surface area contributed by atoms with Gasteiger partial charge in [0.1, 0.15) is 0 Å². The Morgan fingerprint density at radius 3 is 2.61 bits per heavy atom. The molecule has 0 aromatic carbocycles. The summed E-state index contributed by atoms with van der Waals surface area (Å²) in [6.45, 7) is 0. The molecule has 1 aromatic rings. The number of aromatic nitrogens is 1. The second-order valence-electron chi connectivity index (χ2n) is 3.12. The van der Waals surface area contributed by atoms with Crippen molar-refractivity contribution in [3.05, 3.63) is 17.3 Å². The van der Waals surface area contributed by atoms with Gasteiger partial charge in [-0.1, -0.05) is 0 Å². The van der Waals surface area contributed by atoms with E-state index in [9.17, 15) is 13.2 Å². The van der Waals surface area contributed by atoms with Crippen LogP contribution in [0.4, 0.5) is 13.2 Å². The molecular weight excluding hydrogens is 273 g/mol. The van der Waals surface area contributed by atoms with E-state index in [1.807, 2.05) is 0 Å². The second kappa shape index (κ2) is 5.78. The Balaban J connectivity index is 3.36. The van der Waals surface area contributed by atoms with Crippen LogP contribution >= 0.6 is 11.6 Å². The lowest BCUT2D eigenvalue weighted by Gasteiger charge is -2.16. The molecule has 0 N–H and O–H groups in total. The van der Waals surface area contributed by atoms with Crippen LogP contribution in [-0.4, -0.2) is 18.5 Å². The lowest BCUT2D eigenvalue weighted by Crippen LogP contribution is -2.19. The van der Waals surface area contributed by atoms with Crippen molar-refractivity contribution in [3.63, 3.8) is 0 Å². The zero-order valence-corrected chi connectivity index (χ0v) is 9.97. The molecule has 0 aliphatic heterocycles. The molecule has 0 atom stereocenters. The molecule has 8 heteroatoms. The van der Waals surface area contributed by atoms with Crippen LogP contribution in [0.3, 0.4) is 0 Å². The van der Waals surface area contributed by atoms with Crippen LogP contribution in [0.1, 0.15) is 11.1 Å². The van der Waals surface area contributed by atoms with Gasteiger partial charge in [0.15, 0.2) is 5.75 Å². The van der Waals surface area contributed by atoms with E-state index >= 15 is 0 Å². The van der Waals surface area contributed by atoms with Gasteiger partial charge in [-0.3, -0.25) is 0 Å². The smallest absolute Gasteiger partial charge is 0.478 e. The molecule has 0 aliphatic carbocycles. The normalized spacial score (nSPS) is 10.9. The second-order valence-corrected chi connectivity index (χ2v) is 3.38. The minimum atomic E-state index is -4.90. The minimum Gasteiger partial charge on any atom is -0.478 e. The molecule has 4 nitrogen and oxygen atoms in total. The van der Waals surface area contributed by atoms with Crippen molar-refractivity contribution in [1.82, 2.24) is 4.98 Å². The third-order valence-corrected chi connectivity index (χ3v) is 2.29. The first kappa shape index (κ1) is 14.4. The molecule has 0 saturated heterocycles. The zero-order chi connectivity index (χ0) is 13.8. The van der Waals surface area contributed by atoms with Crippen molar-refractivity contribution in [1.29, 1.82) is 5.26 Å². The Hall–Kier alpha value is -1.68. The fourth-order valence-electron chi connectivity index (χ4n) is 1.30. The van der Waals surface area contributed by atoms with E-state index in [1.54, 1.807) is 6.07 Å². The van der Waals surface area contributed by atoms with Crippen molar-refractivity contribution in [2.24, 2.45) is 0 Å². The monoisotopic (exact) mass is 280 g/mol. The Morgan fingerprint density at radius 2 is 2.17 bits per heavy atom. The average Bonchev–Trinajstić information content (AvgIpc) is 2.29. The number of pyridine rings is 1. The Bertz CT molecular complexity index is 471. The number of methoxy groups -OCH3 is 1. The molecule has 98 valence electrons. The number of alkyl halides is 4. The molecule has 0 aliphatic rings.